The second-order valence-corrected chi connectivity index (χ2v) is 10.7. The van der Waals surface area contributed by atoms with Crippen LogP contribution in [0.2, 0.25) is 0 Å². The average molecular weight is 560 g/mol. The van der Waals surface area contributed by atoms with Gasteiger partial charge in [-0.2, -0.15) is 4.39 Å². The predicted octanol–water partition coefficient (Wildman–Crippen LogP) is 5.69. The summed E-state index contributed by atoms with van der Waals surface area (Å²) in [5.41, 5.74) is 2.74. The topological polar surface area (TPSA) is 75.1 Å². The lowest BCUT2D eigenvalue weighted by Gasteiger charge is -2.41. The Morgan fingerprint density at radius 2 is 1.90 bits per heavy atom. The van der Waals surface area contributed by atoms with Gasteiger partial charge >= 0.3 is 5.97 Å². The number of ether oxygens (including phenoxy) is 2. The summed E-state index contributed by atoms with van der Waals surface area (Å²) >= 11 is 0. The molecule has 3 aromatic rings. The quantitative estimate of drug-likeness (QED) is 0.286. The zero-order valence-electron chi connectivity index (χ0n) is 23.2. The minimum Gasteiger partial charge on any atom is -0.497 e. The summed E-state index contributed by atoms with van der Waals surface area (Å²) in [7, 11) is 5.60. The number of pyridine rings is 1. The Morgan fingerprint density at radius 1 is 1.15 bits per heavy atom. The van der Waals surface area contributed by atoms with Gasteiger partial charge in [-0.3, -0.25) is 14.7 Å². The zero-order valence-corrected chi connectivity index (χ0v) is 23.2. The molecule has 0 bridgehead atoms. The van der Waals surface area contributed by atoms with Gasteiger partial charge in [0.1, 0.15) is 18.2 Å². The Kier molecular flexibility index (Phi) is 9.40. The van der Waals surface area contributed by atoms with E-state index in [1.54, 1.807) is 7.11 Å². The van der Waals surface area contributed by atoms with Gasteiger partial charge in [-0.15, -0.1) is 0 Å². The van der Waals surface area contributed by atoms with Gasteiger partial charge in [0.25, 0.3) is 0 Å². The van der Waals surface area contributed by atoms with Crippen molar-refractivity contribution in [3.63, 3.8) is 0 Å². The maximum Gasteiger partial charge on any atom is 0.303 e. The molecule has 1 saturated heterocycles. The number of aromatic nitrogens is 1. The molecule has 2 aromatic carbocycles. The molecule has 10 heteroatoms. The Labute approximate surface area is 232 Å². The van der Waals surface area contributed by atoms with Crippen LogP contribution in [0.1, 0.15) is 37.7 Å². The van der Waals surface area contributed by atoms with Gasteiger partial charge in [0.15, 0.2) is 11.6 Å². The van der Waals surface area contributed by atoms with E-state index in [1.807, 2.05) is 43.4 Å². The van der Waals surface area contributed by atoms with E-state index in [0.717, 1.165) is 53.2 Å². The molecule has 4 rings (SSSR count). The second kappa shape index (κ2) is 12.8. The molecule has 1 aromatic heterocycles. The number of hydrogen-bond donors (Lipinski definition) is 1. The van der Waals surface area contributed by atoms with Crippen LogP contribution >= 0.6 is 0 Å². The number of rotatable bonds is 12. The third kappa shape index (κ3) is 6.96. The minimum atomic E-state index is -1.29. The number of hydrogen-bond acceptors (Lipinski definition) is 6. The maximum atomic E-state index is 13.9. The van der Waals surface area contributed by atoms with Crippen LogP contribution in [-0.4, -0.2) is 68.4 Å². The summed E-state index contributed by atoms with van der Waals surface area (Å²) in [5, 5.41) is 10.7. The van der Waals surface area contributed by atoms with E-state index in [4.69, 9.17) is 9.47 Å². The van der Waals surface area contributed by atoms with Crippen LogP contribution in [-0.2, 0) is 11.2 Å². The Morgan fingerprint density at radius 3 is 2.58 bits per heavy atom. The Balaban J connectivity index is 1.39. The fourth-order valence-electron chi connectivity index (χ4n) is 5.64. The van der Waals surface area contributed by atoms with E-state index in [1.165, 1.54) is 0 Å². The van der Waals surface area contributed by atoms with E-state index >= 15 is 0 Å². The highest BCUT2D eigenvalue weighted by atomic mass is 19.2. The number of halogens is 3. The SMILES string of the molecule is COc1ccc2ncc(N(C)C)c(CCCC3(CC(=O)O)CCN(CCOc4cc(F)cc(F)c4F)CC3)c2c1. The number of piperidine rings is 1. The molecule has 40 heavy (non-hydrogen) atoms. The van der Waals surface area contributed by atoms with Crippen molar-refractivity contribution >= 4 is 22.6 Å². The molecule has 216 valence electrons. The molecule has 7 nitrogen and oxygen atoms in total. The number of fused-ring (bicyclic) bond motifs is 1. The Bertz CT molecular complexity index is 1340. The van der Waals surface area contributed by atoms with Gasteiger partial charge in [-0.25, -0.2) is 8.78 Å². The molecule has 0 aliphatic carbocycles. The number of methoxy groups -OCH3 is 1. The fraction of sp³-hybridized carbons (Fsp3) is 0.467. The van der Waals surface area contributed by atoms with E-state index in [2.05, 4.69) is 9.88 Å². The van der Waals surface area contributed by atoms with Crippen molar-refractivity contribution in [2.75, 3.05) is 52.3 Å². The third-order valence-corrected chi connectivity index (χ3v) is 7.85. The van der Waals surface area contributed by atoms with Crippen molar-refractivity contribution in [1.82, 2.24) is 9.88 Å². The van der Waals surface area contributed by atoms with Crippen LogP contribution in [0.25, 0.3) is 10.9 Å². The number of aliphatic carboxylic acids is 1. The first-order chi connectivity index (χ1) is 19.1. The molecule has 0 saturated carbocycles. The van der Waals surface area contributed by atoms with Crippen LogP contribution in [0.3, 0.4) is 0 Å². The monoisotopic (exact) mass is 559 g/mol. The highest BCUT2D eigenvalue weighted by molar-refractivity contribution is 5.88. The molecule has 1 aliphatic heterocycles. The number of aryl methyl sites for hydroxylation is 1. The van der Waals surface area contributed by atoms with Crippen LogP contribution in [0.4, 0.5) is 18.9 Å². The van der Waals surface area contributed by atoms with Gasteiger partial charge in [-0.1, -0.05) is 0 Å². The largest absolute Gasteiger partial charge is 0.497 e. The van der Waals surface area contributed by atoms with Gasteiger partial charge < -0.3 is 19.5 Å². The lowest BCUT2D eigenvalue weighted by molar-refractivity contribution is -0.140. The van der Waals surface area contributed by atoms with Crippen LogP contribution in [0, 0.1) is 22.9 Å². The first kappa shape index (κ1) is 29.5. The zero-order chi connectivity index (χ0) is 28.9. The number of benzene rings is 2. The first-order valence-corrected chi connectivity index (χ1v) is 13.5. The molecule has 0 atom stereocenters. The summed E-state index contributed by atoms with van der Waals surface area (Å²) < 4.78 is 51.4. The summed E-state index contributed by atoms with van der Waals surface area (Å²) in [4.78, 5) is 20.6. The first-order valence-electron chi connectivity index (χ1n) is 13.5. The molecule has 1 fully saturated rings. The molecule has 0 spiro atoms. The summed E-state index contributed by atoms with van der Waals surface area (Å²) in [6.07, 6.45) is 5.73. The molecular formula is C30H36F3N3O4. The average Bonchev–Trinajstić information content (AvgIpc) is 2.91. The summed E-state index contributed by atoms with van der Waals surface area (Å²) in [5.74, 6) is -3.90. The summed E-state index contributed by atoms with van der Waals surface area (Å²) in [6, 6.07) is 7.15. The van der Waals surface area contributed by atoms with Gasteiger partial charge in [0, 0.05) is 38.2 Å². The highest BCUT2D eigenvalue weighted by Gasteiger charge is 2.36. The van der Waals surface area contributed by atoms with Crippen molar-refractivity contribution in [2.45, 2.75) is 38.5 Å². The van der Waals surface area contributed by atoms with E-state index in [0.29, 0.717) is 38.5 Å². The van der Waals surface area contributed by atoms with Crippen molar-refractivity contribution in [3.05, 3.63) is 59.5 Å². The van der Waals surface area contributed by atoms with Gasteiger partial charge in [0.05, 0.1) is 30.9 Å². The third-order valence-electron chi connectivity index (χ3n) is 7.85. The molecule has 1 aliphatic rings. The van der Waals surface area contributed by atoms with E-state index in [9.17, 15) is 23.1 Å². The molecule has 2 heterocycles. The smallest absolute Gasteiger partial charge is 0.303 e. The summed E-state index contributed by atoms with van der Waals surface area (Å²) in [6.45, 7) is 1.83. The minimum absolute atomic E-state index is 0.0671. The lowest BCUT2D eigenvalue weighted by Crippen LogP contribution is -2.42. The number of carbonyl (C=O) groups is 1. The predicted molar refractivity (Wildman–Crippen MR) is 148 cm³/mol. The molecule has 1 N–H and O–H groups in total. The Hall–Kier alpha value is -3.53. The van der Waals surface area contributed by atoms with Crippen molar-refractivity contribution in [3.8, 4) is 11.5 Å². The molecule has 0 unspecified atom stereocenters. The number of carboxylic acids is 1. The van der Waals surface area contributed by atoms with Gasteiger partial charge in [-0.05, 0) is 74.4 Å². The molecular weight excluding hydrogens is 523 g/mol. The normalized spacial score (nSPS) is 15.2. The number of nitrogens with zero attached hydrogens (tertiary/aromatic N) is 3. The van der Waals surface area contributed by atoms with E-state index < -0.39 is 29.2 Å². The maximum absolute atomic E-state index is 13.9. The lowest BCUT2D eigenvalue weighted by atomic mass is 9.72. The molecule has 0 amide bonds. The number of carboxylic acid groups (broad SMARTS) is 1. The van der Waals surface area contributed by atoms with Crippen molar-refractivity contribution < 1.29 is 32.5 Å². The standard InChI is InChI=1S/C30H36F3N3O4/c1-35(2)26-19-34-25-7-6-21(39-3)17-23(25)22(26)5-4-8-30(18-28(37)38)9-11-36(12-10-30)13-14-40-27-16-20(31)15-24(32)29(27)33/h6-7,15-17,19H,4-5,8-14,18H2,1-3H3,(H,37,38). The van der Waals surface area contributed by atoms with Crippen molar-refractivity contribution in [1.29, 1.82) is 0 Å². The highest BCUT2D eigenvalue weighted by Crippen LogP contribution is 2.41. The van der Waals surface area contributed by atoms with E-state index in [-0.39, 0.29) is 18.4 Å². The second-order valence-electron chi connectivity index (χ2n) is 10.7. The number of anilines is 1. The fourth-order valence-corrected chi connectivity index (χ4v) is 5.64. The molecule has 0 radical (unpaired) electrons. The number of likely N-dealkylation sites (tertiary alicyclic amines) is 1. The van der Waals surface area contributed by atoms with Crippen LogP contribution < -0.4 is 14.4 Å². The van der Waals surface area contributed by atoms with Crippen LogP contribution in [0.5, 0.6) is 11.5 Å². The van der Waals surface area contributed by atoms with Crippen molar-refractivity contribution in [2.24, 2.45) is 5.41 Å². The van der Waals surface area contributed by atoms with Gasteiger partial charge in [0.2, 0.25) is 5.82 Å². The van der Waals surface area contributed by atoms with Crippen LogP contribution in [0.15, 0.2) is 36.5 Å².